The minimum Gasteiger partial charge on any atom is -0.484 e. The van der Waals surface area contributed by atoms with E-state index in [-0.39, 0.29) is 49.5 Å². The molecule has 18 heteroatoms. The van der Waals surface area contributed by atoms with Crippen LogP contribution in [-0.2, 0) is 9.59 Å². The Morgan fingerprint density at radius 3 is 1.32 bits per heavy atom. The maximum absolute atomic E-state index is 12.3. The molecule has 0 heterocycles. The predicted molar refractivity (Wildman–Crippen MR) is 196 cm³/mol. The molecule has 0 fully saturated rings. The van der Waals surface area contributed by atoms with Crippen LogP contribution in [0.3, 0.4) is 0 Å². The molecule has 0 aromatic heterocycles. The summed E-state index contributed by atoms with van der Waals surface area (Å²) in [4.78, 5) is 45.1. The Labute approximate surface area is 296 Å². The fourth-order valence-corrected chi connectivity index (χ4v) is 4.66. The second-order valence-electron chi connectivity index (χ2n) is 10.3. The van der Waals surface area contributed by atoms with Gasteiger partial charge < -0.3 is 41.4 Å². The van der Waals surface area contributed by atoms with E-state index in [2.05, 4.69) is 31.9 Å². The molecule has 0 atom stereocenters. The van der Waals surface area contributed by atoms with Crippen molar-refractivity contribution in [2.24, 2.45) is 0 Å². The summed E-state index contributed by atoms with van der Waals surface area (Å²) in [5, 5.41) is 41.0. The van der Waals surface area contributed by atoms with Crippen molar-refractivity contribution in [2.75, 3.05) is 50.0 Å². The summed E-state index contributed by atoms with van der Waals surface area (Å²) in [6.45, 7) is 0.829. The fraction of sp³-hybridized carbons (Fsp3) is 0.188. The average Bonchev–Trinajstić information content (AvgIpc) is 3.10. The number of nitro benzene ring substituents is 2. The van der Waals surface area contributed by atoms with E-state index in [1.165, 1.54) is 24.3 Å². The van der Waals surface area contributed by atoms with Crippen molar-refractivity contribution in [3.8, 4) is 11.5 Å². The average molecular weight is 721 g/mol. The second kappa shape index (κ2) is 18.4. The Balaban J connectivity index is 1.11. The predicted octanol–water partition coefficient (Wildman–Crippen LogP) is 3.62. The van der Waals surface area contributed by atoms with E-state index in [0.29, 0.717) is 46.2 Å². The first-order valence-electron chi connectivity index (χ1n) is 15.0. The quantitative estimate of drug-likeness (QED) is 0.0423. The summed E-state index contributed by atoms with van der Waals surface area (Å²) in [5.41, 5.74) is 1.13. The molecule has 0 aliphatic carbocycles. The number of amides is 2. The van der Waals surface area contributed by atoms with E-state index in [1.807, 2.05) is 12.1 Å². The zero-order valence-electron chi connectivity index (χ0n) is 26.3. The van der Waals surface area contributed by atoms with Gasteiger partial charge >= 0.3 is 0 Å². The van der Waals surface area contributed by atoms with Gasteiger partial charge in [-0.15, -0.1) is 0 Å². The Bertz CT molecular complexity index is 1730. The molecule has 0 aliphatic rings. The van der Waals surface area contributed by atoms with Crippen molar-refractivity contribution in [1.82, 2.24) is 21.3 Å². The highest BCUT2D eigenvalue weighted by molar-refractivity contribution is 7.80. The highest BCUT2D eigenvalue weighted by Crippen LogP contribution is 2.25. The Kier molecular flexibility index (Phi) is 13.5. The molecule has 50 heavy (non-hydrogen) atoms. The van der Waals surface area contributed by atoms with Crippen LogP contribution in [0.15, 0.2) is 84.9 Å². The van der Waals surface area contributed by atoms with Crippen LogP contribution in [0.1, 0.15) is 0 Å². The van der Waals surface area contributed by atoms with E-state index in [9.17, 15) is 29.8 Å². The molecule has 0 aliphatic heterocycles. The third kappa shape index (κ3) is 12.1. The molecule has 4 aromatic carbocycles. The van der Waals surface area contributed by atoms with Crippen molar-refractivity contribution in [1.29, 1.82) is 0 Å². The number of hydrogen-bond acceptors (Lipinski definition) is 10. The van der Waals surface area contributed by atoms with E-state index < -0.39 is 9.85 Å². The highest BCUT2D eigenvalue weighted by atomic mass is 32.1. The van der Waals surface area contributed by atoms with Gasteiger partial charge in [0.1, 0.15) is 11.5 Å². The number of nitrogens with one attached hydrogen (secondary N) is 6. The number of benzene rings is 4. The topological polar surface area (TPSA) is 211 Å². The lowest BCUT2D eigenvalue weighted by Crippen LogP contribution is -2.38. The van der Waals surface area contributed by atoms with Gasteiger partial charge in [-0.25, -0.2) is 0 Å². The fourth-order valence-electron chi connectivity index (χ4n) is 4.22. The van der Waals surface area contributed by atoms with Crippen LogP contribution in [-0.4, -0.2) is 71.3 Å². The second-order valence-corrected chi connectivity index (χ2v) is 11.1. The van der Waals surface area contributed by atoms with Crippen LogP contribution < -0.4 is 41.4 Å². The molecule has 16 nitrogen and oxygen atoms in total. The summed E-state index contributed by atoms with van der Waals surface area (Å²) in [7, 11) is 0. The van der Waals surface area contributed by atoms with Gasteiger partial charge in [-0.05, 0) is 83.7 Å². The van der Waals surface area contributed by atoms with Gasteiger partial charge in [-0.1, -0.05) is 12.1 Å². The molecule has 260 valence electrons. The first kappa shape index (κ1) is 36.7. The van der Waals surface area contributed by atoms with Gasteiger partial charge in [0, 0.05) is 61.8 Å². The zero-order chi connectivity index (χ0) is 35.9. The van der Waals surface area contributed by atoms with Crippen molar-refractivity contribution in [2.45, 2.75) is 0 Å². The molecular formula is C32H32N8O8S2. The number of rotatable bonds is 16. The largest absolute Gasteiger partial charge is 0.484 e. The van der Waals surface area contributed by atoms with E-state index in [4.69, 9.17) is 33.9 Å². The molecule has 2 amide bonds. The highest BCUT2D eigenvalue weighted by Gasteiger charge is 2.09. The lowest BCUT2D eigenvalue weighted by atomic mass is 10.1. The van der Waals surface area contributed by atoms with E-state index in [0.717, 1.165) is 10.8 Å². The first-order chi connectivity index (χ1) is 24.0. The molecule has 0 saturated carbocycles. The summed E-state index contributed by atoms with van der Waals surface area (Å²) in [6.07, 6.45) is 0. The number of ether oxygens (including phenoxy) is 2. The van der Waals surface area contributed by atoms with Crippen molar-refractivity contribution < 1.29 is 28.9 Å². The SMILES string of the molecule is O=C(COc1ccc2ccc(OCC(=O)NCCNC(=S)Nc3ccc([N+](=O)[O-])cc3)cc2c1)NCCNC(=S)Nc1ccc([N+](=O)[O-])cc1. The molecule has 4 aromatic rings. The molecular weight excluding hydrogens is 689 g/mol. The van der Waals surface area contributed by atoms with E-state index in [1.54, 1.807) is 48.5 Å². The number of anilines is 2. The van der Waals surface area contributed by atoms with Crippen molar-refractivity contribution >= 4 is 80.0 Å². The smallest absolute Gasteiger partial charge is 0.269 e. The molecule has 0 radical (unpaired) electrons. The Morgan fingerprint density at radius 1 is 0.560 bits per heavy atom. The number of fused-ring (bicyclic) bond motifs is 1. The van der Waals surface area contributed by atoms with Gasteiger partial charge in [0.2, 0.25) is 0 Å². The number of nitro groups is 2. The lowest BCUT2D eigenvalue weighted by molar-refractivity contribution is -0.385. The maximum atomic E-state index is 12.3. The van der Waals surface area contributed by atoms with E-state index >= 15 is 0 Å². The first-order valence-corrected chi connectivity index (χ1v) is 15.8. The van der Waals surface area contributed by atoms with Crippen LogP contribution >= 0.6 is 24.4 Å². The minimum absolute atomic E-state index is 0.0252. The van der Waals surface area contributed by atoms with Gasteiger partial charge in [-0.2, -0.15) is 0 Å². The number of hydrogen-bond donors (Lipinski definition) is 6. The van der Waals surface area contributed by atoms with Gasteiger partial charge in [-0.3, -0.25) is 29.8 Å². The van der Waals surface area contributed by atoms with Crippen molar-refractivity contribution in [3.05, 3.63) is 105 Å². The lowest BCUT2D eigenvalue weighted by Gasteiger charge is -2.12. The number of thiocarbonyl (C=S) groups is 2. The van der Waals surface area contributed by atoms with Gasteiger partial charge in [0.25, 0.3) is 23.2 Å². The summed E-state index contributed by atoms with van der Waals surface area (Å²) >= 11 is 10.4. The van der Waals surface area contributed by atoms with Crippen LogP contribution in [0.5, 0.6) is 11.5 Å². The monoisotopic (exact) mass is 720 g/mol. The number of carbonyl (C=O) groups excluding carboxylic acids is 2. The zero-order valence-corrected chi connectivity index (χ0v) is 27.9. The Morgan fingerprint density at radius 2 is 0.940 bits per heavy atom. The van der Waals surface area contributed by atoms with Crippen molar-refractivity contribution in [3.63, 3.8) is 0 Å². The Hall–Kier alpha value is -6.14. The third-order valence-corrected chi connectivity index (χ3v) is 7.15. The van der Waals surface area contributed by atoms with Gasteiger partial charge in [0.15, 0.2) is 23.4 Å². The molecule has 0 spiro atoms. The molecule has 6 N–H and O–H groups in total. The standard InChI is InChI=1S/C32H32N8O8S2/c41-29(33-13-15-35-31(49)37-23-3-7-25(8-4-23)39(43)44)19-47-27-11-1-21-2-12-28(18-22(21)17-27)48-20-30(42)34-14-16-36-32(50)38-24-5-9-26(10-6-24)40(45)46/h1-12,17-18H,13-16,19-20H2,(H,33,41)(H,34,42)(H2,35,37,49)(H2,36,38,50). The van der Waals surface area contributed by atoms with Crippen LogP contribution in [0.4, 0.5) is 22.7 Å². The summed E-state index contributed by atoms with van der Waals surface area (Å²) in [5.74, 6) is 0.286. The summed E-state index contributed by atoms with van der Waals surface area (Å²) in [6, 6.07) is 22.3. The molecule has 0 saturated heterocycles. The summed E-state index contributed by atoms with van der Waals surface area (Å²) < 4.78 is 11.3. The molecule has 4 rings (SSSR count). The number of non-ortho nitro benzene ring substituents is 2. The maximum Gasteiger partial charge on any atom is 0.269 e. The minimum atomic E-state index is -0.486. The van der Waals surface area contributed by atoms with Crippen LogP contribution in [0, 0.1) is 20.2 Å². The molecule has 0 unspecified atom stereocenters. The normalized spacial score (nSPS) is 10.3. The number of nitrogens with zero attached hydrogens (tertiary/aromatic N) is 2. The molecule has 0 bridgehead atoms. The van der Waals surface area contributed by atoms with Crippen LogP contribution in [0.2, 0.25) is 0 Å². The van der Waals surface area contributed by atoms with Gasteiger partial charge in [0.05, 0.1) is 9.85 Å². The number of carbonyl (C=O) groups is 2. The third-order valence-electron chi connectivity index (χ3n) is 6.66. The van der Waals surface area contributed by atoms with Crippen LogP contribution in [0.25, 0.3) is 10.8 Å².